The molecule has 0 N–H and O–H groups in total. The van der Waals surface area contributed by atoms with Crippen LogP contribution in [0, 0.1) is 0 Å². The van der Waals surface area contributed by atoms with Crippen LogP contribution in [0.1, 0.15) is 13.8 Å². The SMILES string of the molecule is C=C(C)C(=O)Oc1ccc2c(OC(=O)C(=C)C)c(Cl)ccc2c1. The standard InChI is InChI=1S/C18H15ClO4/c1-10(2)17(20)22-13-6-7-14-12(9-13)5-8-15(19)16(14)23-18(21)11(3)4/h5-9H,1,3H2,2,4H3. The van der Waals surface area contributed by atoms with E-state index in [-0.39, 0.29) is 11.3 Å². The molecule has 2 aromatic carbocycles. The van der Waals surface area contributed by atoms with Crippen molar-refractivity contribution in [3.63, 3.8) is 0 Å². The van der Waals surface area contributed by atoms with Crippen molar-refractivity contribution in [3.8, 4) is 11.5 Å². The molecular formula is C18H15ClO4. The second kappa shape index (κ2) is 6.67. The first-order chi connectivity index (χ1) is 10.8. The van der Waals surface area contributed by atoms with E-state index in [0.717, 1.165) is 0 Å². The molecule has 4 nitrogen and oxygen atoms in total. The molecule has 0 unspecified atom stereocenters. The average Bonchev–Trinajstić information content (AvgIpc) is 2.49. The van der Waals surface area contributed by atoms with E-state index in [1.54, 1.807) is 44.2 Å². The average molecular weight is 331 g/mol. The van der Waals surface area contributed by atoms with Crippen molar-refractivity contribution in [2.24, 2.45) is 0 Å². The van der Waals surface area contributed by atoms with E-state index in [9.17, 15) is 9.59 Å². The number of hydrogen-bond acceptors (Lipinski definition) is 4. The van der Waals surface area contributed by atoms with Crippen LogP contribution in [0.4, 0.5) is 0 Å². The first-order valence-electron chi connectivity index (χ1n) is 6.77. The largest absolute Gasteiger partial charge is 0.423 e. The number of rotatable bonds is 4. The molecule has 0 aliphatic heterocycles. The summed E-state index contributed by atoms with van der Waals surface area (Å²) < 4.78 is 10.5. The molecule has 0 amide bonds. The second-order valence-electron chi connectivity index (χ2n) is 5.10. The Morgan fingerprint density at radius 1 is 0.957 bits per heavy atom. The van der Waals surface area contributed by atoms with Gasteiger partial charge in [0.1, 0.15) is 5.75 Å². The topological polar surface area (TPSA) is 52.6 Å². The normalized spacial score (nSPS) is 10.2. The molecule has 0 fully saturated rings. The number of halogens is 1. The van der Waals surface area contributed by atoms with Crippen molar-refractivity contribution in [1.82, 2.24) is 0 Å². The lowest BCUT2D eigenvalue weighted by Gasteiger charge is -2.11. The fourth-order valence-electron chi connectivity index (χ4n) is 1.79. The Morgan fingerprint density at radius 3 is 2.17 bits per heavy atom. The van der Waals surface area contributed by atoms with Gasteiger partial charge >= 0.3 is 11.9 Å². The third-order valence-corrected chi connectivity index (χ3v) is 3.29. The smallest absolute Gasteiger partial charge is 0.338 e. The van der Waals surface area contributed by atoms with Crippen molar-refractivity contribution < 1.29 is 19.1 Å². The summed E-state index contributed by atoms with van der Waals surface area (Å²) in [5, 5.41) is 1.65. The Morgan fingerprint density at radius 2 is 1.57 bits per heavy atom. The van der Waals surface area contributed by atoms with Crippen LogP contribution in [-0.2, 0) is 9.59 Å². The third-order valence-electron chi connectivity index (χ3n) is 3.00. The van der Waals surface area contributed by atoms with Crippen LogP contribution in [0.15, 0.2) is 54.6 Å². The Bertz CT molecular complexity index is 836. The van der Waals surface area contributed by atoms with E-state index >= 15 is 0 Å². The van der Waals surface area contributed by atoms with Gasteiger partial charge in [-0.05, 0) is 43.5 Å². The summed E-state index contributed by atoms with van der Waals surface area (Å²) in [7, 11) is 0. The van der Waals surface area contributed by atoms with Crippen LogP contribution in [0.3, 0.4) is 0 Å². The Labute approximate surface area is 139 Å². The van der Waals surface area contributed by atoms with Crippen molar-refractivity contribution in [2.45, 2.75) is 13.8 Å². The molecule has 0 atom stereocenters. The predicted octanol–water partition coefficient (Wildman–Crippen LogP) is 4.46. The lowest BCUT2D eigenvalue weighted by atomic mass is 10.1. The number of esters is 2. The summed E-state index contributed by atoms with van der Waals surface area (Å²) in [6.07, 6.45) is 0. The van der Waals surface area contributed by atoms with E-state index in [1.165, 1.54) is 0 Å². The van der Waals surface area contributed by atoms with E-state index in [4.69, 9.17) is 21.1 Å². The van der Waals surface area contributed by atoms with Gasteiger partial charge in [0, 0.05) is 16.5 Å². The van der Waals surface area contributed by atoms with Crippen molar-refractivity contribution in [3.05, 3.63) is 59.7 Å². The highest BCUT2D eigenvalue weighted by molar-refractivity contribution is 6.33. The van der Waals surface area contributed by atoms with Crippen LogP contribution in [0.5, 0.6) is 11.5 Å². The van der Waals surface area contributed by atoms with Crippen LogP contribution in [0.2, 0.25) is 5.02 Å². The molecule has 0 saturated carbocycles. The van der Waals surface area contributed by atoms with E-state index in [1.807, 2.05) is 0 Å². The molecule has 2 aromatic rings. The number of ether oxygens (including phenoxy) is 2. The van der Waals surface area contributed by atoms with Crippen LogP contribution < -0.4 is 9.47 Å². The van der Waals surface area contributed by atoms with E-state index in [0.29, 0.717) is 27.1 Å². The molecule has 118 valence electrons. The van der Waals surface area contributed by atoms with Gasteiger partial charge in [-0.1, -0.05) is 30.8 Å². The fourth-order valence-corrected chi connectivity index (χ4v) is 2.00. The van der Waals surface area contributed by atoms with Gasteiger partial charge < -0.3 is 9.47 Å². The van der Waals surface area contributed by atoms with E-state index in [2.05, 4.69) is 13.2 Å². The van der Waals surface area contributed by atoms with Crippen molar-refractivity contribution in [1.29, 1.82) is 0 Å². The summed E-state index contributed by atoms with van der Waals surface area (Å²) in [4.78, 5) is 23.3. The second-order valence-corrected chi connectivity index (χ2v) is 5.51. The van der Waals surface area contributed by atoms with Gasteiger partial charge in [-0.25, -0.2) is 9.59 Å². The van der Waals surface area contributed by atoms with Crippen LogP contribution in [0.25, 0.3) is 10.8 Å². The molecule has 0 radical (unpaired) electrons. The highest BCUT2D eigenvalue weighted by Gasteiger charge is 2.14. The summed E-state index contributed by atoms with van der Waals surface area (Å²) in [6.45, 7) is 10.2. The first-order valence-corrected chi connectivity index (χ1v) is 7.15. The number of hydrogen-bond donors (Lipinski definition) is 0. The highest BCUT2D eigenvalue weighted by Crippen LogP contribution is 2.35. The van der Waals surface area contributed by atoms with Crippen molar-refractivity contribution in [2.75, 3.05) is 0 Å². The maximum Gasteiger partial charge on any atom is 0.338 e. The zero-order valence-electron chi connectivity index (χ0n) is 12.8. The first kappa shape index (κ1) is 16.8. The maximum atomic E-state index is 11.7. The molecule has 0 heterocycles. The van der Waals surface area contributed by atoms with Gasteiger partial charge in [0.25, 0.3) is 0 Å². The lowest BCUT2D eigenvalue weighted by Crippen LogP contribution is -2.09. The van der Waals surface area contributed by atoms with E-state index < -0.39 is 11.9 Å². The highest BCUT2D eigenvalue weighted by atomic mass is 35.5. The fraction of sp³-hybridized carbons (Fsp3) is 0.111. The zero-order valence-corrected chi connectivity index (χ0v) is 13.6. The minimum absolute atomic E-state index is 0.245. The number of benzene rings is 2. The molecule has 0 bridgehead atoms. The summed E-state index contributed by atoms with van der Waals surface area (Å²) in [5.41, 5.74) is 0.572. The quantitative estimate of drug-likeness (QED) is 0.472. The third kappa shape index (κ3) is 3.79. The Kier molecular flexibility index (Phi) is 4.86. The van der Waals surface area contributed by atoms with Gasteiger partial charge in [-0.15, -0.1) is 0 Å². The molecule has 0 saturated heterocycles. The summed E-state index contributed by atoms with van der Waals surface area (Å²) in [5.74, 6) is -0.454. The number of carbonyl (C=O) groups is 2. The van der Waals surface area contributed by atoms with Gasteiger partial charge in [0.15, 0.2) is 5.75 Å². The van der Waals surface area contributed by atoms with Gasteiger partial charge in [-0.3, -0.25) is 0 Å². The minimum atomic E-state index is -0.558. The summed E-state index contributed by atoms with van der Waals surface area (Å²) in [6, 6.07) is 8.27. The maximum absolute atomic E-state index is 11.7. The Balaban J connectivity index is 2.44. The van der Waals surface area contributed by atoms with Gasteiger partial charge in [0.2, 0.25) is 0 Å². The Hall–Kier alpha value is -2.59. The van der Waals surface area contributed by atoms with Crippen molar-refractivity contribution >= 4 is 34.3 Å². The summed E-state index contributed by atoms with van der Waals surface area (Å²) >= 11 is 6.11. The zero-order chi connectivity index (χ0) is 17.1. The lowest BCUT2D eigenvalue weighted by molar-refractivity contribution is -0.130. The molecule has 0 aliphatic carbocycles. The molecule has 23 heavy (non-hydrogen) atoms. The molecule has 2 rings (SSSR count). The molecular weight excluding hydrogens is 316 g/mol. The minimum Gasteiger partial charge on any atom is -0.423 e. The molecule has 0 spiro atoms. The molecule has 5 heteroatoms. The van der Waals surface area contributed by atoms with Crippen LogP contribution >= 0.6 is 11.6 Å². The predicted molar refractivity (Wildman–Crippen MR) is 89.9 cm³/mol. The monoisotopic (exact) mass is 330 g/mol. The number of carbonyl (C=O) groups excluding carboxylic acids is 2. The molecule has 0 aliphatic rings. The molecule has 0 aromatic heterocycles. The van der Waals surface area contributed by atoms with Gasteiger partial charge in [0.05, 0.1) is 5.02 Å². The van der Waals surface area contributed by atoms with Crippen LogP contribution in [-0.4, -0.2) is 11.9 Å². The van der Waals surface area contributed by atoms with Gasteiger partial charge in [-0.2, -0.15) is 0 Å². The number of fused-ring (bicyclic) bond motifs is 1.